The van der Waals surface area contributed by atoms with Crippen molar-refractivity contribution in [3.63, 3.8) is 0 Å². The number of nitrogens with zero attached hydrogens (tertiary/aromatic N) is 5. The van der Waals surface area contributed by atoms with E-state index in [9.17, 15) is 22.8 Å². The second kappa shape index (κ2) is 12.8. The number of rotatable bonds is 9. The summed E-state index contributed by atoms with van der Waals surface area (Å²) in [4.78, 5) is 36.3. The largest absolute Gasteiger partial charge is 0.416 e. The van der Waals surface area contributed by atoms with E-state index in [1.54, 1.807) is 16.3 Å². The highest BCUT2D eigenvalue weighted by Gasteiger charge is 2.31. The summed E-state index contributed by atoms with van der Waals surface area (Å²) in [7, 11) is 0. The molecule has 42 heavy (non-hydrogen) atoms. The Morgan fingerprint density at radius 2 is 1.74 bits per heavy atom. The summed E-state index contributed by atoms with van der Waals surface area (Å²) < 4.78 is 41.4. The number of hydrogen-bond donors (Lipinski definition) is 0. The van der Waals surface area contributed by atoms with Crippen molar-refractivity contribution in [1.29, 1.82) is 0 Å². The average Bonchev–Trinajstić information content (AvgIpc) is 3.66. The molecule has 0 radical (unpaired) electrons. The first-order valence-electron chi connectivity index (χ1n) is 13.9. The molecule has 1 fully saturated rings. The van der Waals surface area contributed by atoms with Gasteiger partial charge in [0.1, 0.15) is 10.7 Å². The van der Waals surface area contributed by atoms with E-state index in [4.69, 9.17) is 0 Å². The maximum absolute atomic E-state index is 13.2. The van der Waals surface area contributed by atoms with Gasteiger partial charge in [-0.1, -0.05) is 31.2 Å². The van der Waals surface area contributed by atoms with Crippen molar-refractivity contribution in [3.8, 4) is 0 Å². The van der Waals surface area contributed by atoms with Crippen LogP contribution in [0.15, 0.2) is 78.3 Å². The van der Waals surface area contributed by atoms with Crippen LogP contribution in [0.25, 0.3) is 0 Å². The predicted octanol–water partition coefficient (Wildman–Crippen LogP) is 6.03. The minimum absolute atomic E-state index is 0.0134. The average molecular weight is 596 g/mol. The summed E-state index contributed by atoms with van der Waals surface area (Å²) >= 11 is 1.41. The molecule has 11 heteroatoms. The van der Waals surface area contributed by atoms with Gasteiger partial charge in [0.2, 0.25) is 0 Å². The molecule has 0 atom stereocenters. The zero-order chi connectivity index (χ0) is 29.7. The fourth-order valence-electron chi connectivity index (χ4n) is 5.06. The van der Waals surface area contributed by atoms with E-state index in [0.717, 1.165) is 29.3 Å². The SMILES string of the molecule is CCCN(Cc1cccn1Cc1nc(C(=O)N2CCN(c3cccc(C(F)(F)F)c3)CC2)cs1)C(=O)c1ccccc1. The Balaban J connectivity index is 1.20. The van der Waals surface area contributed by atoms with Crippen LogP contribution in [0.2, 0.25) is 0 Å². The third-order valence-corrected chi connectivity index (χ3v) is 8.09. The third kappa shape index (κ3) is 6.84. The second-order valence-corrected chi connectivity index (χ2v) is 11.1. The Kier molecular flexibility index (Phi) is 8.96. The number of anilines is 1. The molecule has 0 saturated carbocycles. The zero-order valence-electron chi connectivity index (χ0n) is 23.3. The Hall–Kier alpha value is -4.12. The van der Waals surface area contributed by atoms with Crippen LogP contribution in [0.3, 0.4) is 0 Å². The molecule has 0 N–H and O–H groups in total. The fraction of sp³-hybridized carbons (Fsp3) is 0.323. The lowest BCUT2D eigenvalue weighted by molar-refractivity contribution is -0.137. The minimum Gasteiger partial charge on any atom is -0.368 e. The summed E-state index contributed by atoms with van der Waals surface area (Å²) in [5.74, 6) is -0.197. The van der Waals surface area contributed by atoms with Crippen LogP contribution in [0, 0.1) is 0 Å². The van der Waals surface area contributed by atoms with Crippen molar-refractivity contribution in [1.82, 2.24) is 19.4 Å². The molecule has 0 spiro atoms. The van der Waals surface area contributed by atoms with Crippen LogP contribution in [0.5, 0.6) is 0 Å². The molecule has 5 rings (SSSR count). The highest BCUT2D eigenvalue weighted by molar-refractivity contribution is 7.09. The molecule has 0 unspecified atom stereocenters. The van der Waals surface area contributed by atoms with E-state index >= 15 is 0 Å². The number of benzene rings is 2. The molecule has 220 valence electrons. The summed E-state index contributed by atoms with van der Waals surface area (Å²) in [6, 6.07) is 18.5. The third-order valence-electron chi connectivity index (χ3n) is 7.26. The number of halogens is 3. The first-order valence-corrected chi connectivity index (χ1v) is 14.7. The normalized spacial score (nSPS) is 13.8. The van der Waals surface area contributed by atoms with Crippen molar-refractivity contribution in [2.24, 2.45) is 0 Å². The molecule has 1 aliphatic heterocycles. The second-order valence-electron chi connectivity index (χ2n) is 10.2. The molecule has 4 aromatic rings. The van der Waals surface area contributed by atoms with Gasteiger partial charge in [-0.3, -0.25) is 9.59 Å². The fourth-order valence-corrected chi connectivity index (χ4v) is 5.83. The maximum Gasteiger partial charge on any atom is 0.416 e. The minimum atomic E-state index is -4.40. The molecular formula is C31H32F3N5O2S. The van der Waals surface area contributed by atoms with Crippen molar-refractivity contribution in [2.45, 2.75) is 32.6 Å². The Morgan fingerprint density at radius 3 is 2.45 bits per heavy atom. The van der Waals surface area contributed by atoms with Crippen LogP contribution in [-0.4, -0.2) is 63.9 Å². The highest BCUT2D eigenvalue weighted by atomic mass is 32.1. The van der Waals surface area contributed by atoms with Gasteiger partial charge < -0.3 is 19.3 Å². The monoisotopic (exact) mass is 595 g/mol. The van der Waals surface area contributed by atoms with E-state index in [0.29, 0.717) is 62.8 Å². The van der Waals surface area contributed by atoms with Crippen LogP contribution in [-0.2, 0) is 19.3 Å². The molecule has 0 aliphatic carbocycles. The molecule has 2 aromatic carbocycles. The van der Waals surface area contributed by atoms with Gasteiger partial charge in [-0.05, 0) is 48.9 Å². The first-order chi connectivity index (χ1) is 20.2. The standard InChI is InChI=1S/C31H32F3N5O2S/c1-2-13-39(29(40)23-8-4-3-5-9-23)20-26-12-7-14-38(26)21-28-35-27(22-42-28)30(41)37-17-15-36(16-18-37)25-11-6-10-24(19-25)31(32,33)34/h3-12,14,19,22H,2,13,15-18,20-21H2,1H3. The molecule has 2 amide bonds. The number of thiazole rings is 1. The Labute approximate surface area is 246 Å². The van der Waals surface area contributed by atoms with Gasteiger partial charge in [0.15, 0.2) is 0 Å². The van der Waals surface area contributed by atoms with Gasteiger partial charge in [0.25, 0.3) is 11.8 Å². The number of alkyl halides is 3. The number of carbonyl (C=O) groups is 2. The van der Waals surface area contributed by atoms with E-state index in [2.05, 4.69) is 4.98 Å². The lowest BCUT2D eigenvalue weighted by Crippen LogP contribution is -2.49. The Bertz CT molecular complexity index is 1510. The van der Waals surface area contributed by atoms with E-state index in [1.807, 2.05) is 70.0 Å². The number of amides is 2. The van der Waals surface area contributed by atoms with Crippen molar-refractivity contribution < 1.29 is 22.8 Å². The van der Waals surface area contributed by atoms with Crippen molar-refractivity contribution in [3.05, 3.63) is 106 Å². The van der Waals surface area contributed by atoms with Crippen LogP contribution in [0.1, 0.15) is 50.5 Å². The topological polar surface area (TPSA) is 61.7 Å². The molecule has 1 saturated heterocycles. The number of carbonyl (C=O) groups excluding carboxylic acids is 2. The quantitative estimate of drug-likeness (QED) is 0.237. The van der Waals surface area contributed by atoms with Crippen LogP contribution in [0.4, 0.5) is 18.9 Å². The van der Waals surface area contributed by atoms with Gasteiger partial charge >= 0.3 is 6.18 Å². The molecule has 7 nitrogen and oxygen atoms in total. The summed E-state index contributed by atoms with van der Waals surface area (Å²) in [5, 5.41) is 2.53. The number of aromatic nitrogens is 2. The van der Waals surface area contributed by atoms with Gasteiger partial charge in [0.05, 0.1) is 18.7 Å². The molecule has 3 heterocycles. The molecule has 0 bridgehead atoms. The lowest BCUT2D eigenvalue weighted by Gasteiger charge is -2.36. The van der Waals surface area contributed by atoms with Crippen LogP contribution >= 0.6 is 11.3 Å². The van der Waals surface area contributed by atoms with E-state index in [-0.39, 0.29) is 11.8 Å². The number of hydrogen-bond acceptors (Lipinski definition) is 5. The summed E-state index contributed by atoms with van der Waals surface area (Å²) in [6.45, 7) is 5.28. The molecule has 1 aliphatic rings. The van der Waals surface area contributed by atoms with Gasteiger partial charge in [-0.25, -0.2) is 4.98 Å². The predicted molar refractivity (Wildman–Crippen MR) is 157 cm³/mol. The van der Waals surface area contributed by atoms with Gasteiger partial charge in [-0.2, -0.15) is 13.2 Å². The maximum atomic E-state index is 13.2. The zero-order valence-corrected chi connectivity index (χ0v) is 24.1. The first kappa shape index (κ1) is 29.4. The molecular weight excluding hydrogens is 563 g/mol. The highest BCUT2D eigenvalue weighted by Crippen LogP contribution is 2.32. The van der Waals surface area contributed by atoms with E-state index in [1.165, 1.54) is 17.4 Å². The Morgan fingerprint density at radius 1 is 0.976 bits per heavy atom. The van der Waals surface area contributed by atoms with Crippen LogP contribution < -0.4 is 4.90 Å². The van der Waals surface area contributed by atoms with Crippen molar-refractivity contribution in [2.75, 3.05) is 37.6 Å². The van der Waals surface area contributed by atoms with Gasteiger partial charge in [-0.15, -0.1) is 11.3 Å². The van der Waals surface area contributed by atoms with E-state index < -0.39 is 11.7 Å². The lowest BCUT2D eigenvalue weighted by atomic mass is 10.1. The summed E-state index contributed by atoms with van der Waals surface area (Å²) in [5.41, 5.74) is 1.81. The van der Waals surface area contributed by atoms with Crippen molar-refractivity contribution >= 4 is 28.8 Å². The summed E-state index contributed by atoms with van der Waals surface area (Å²) in [6.07, 6.45) is -1.61. The van der Waals surface area contributed by atoms with Gasteiger partial charge in [0, 0.05) is 61.2 Å². The molecule has 2 aromatic heterocycles. The smallest absolute Gasteiger partial charge is 0.368 e. The number of piperazine rings is 1.